The molecule has 0 amide bonds. The Labute approximate surface area is 214 Å². The average molecular weight is 536 g/mol. The monoisotopic (exact) mass is 535 g/mol. The SMILES string of the molecule is COC(=O)C1=CC(c2cnc(Nc3cc(N)cc(Cl)c3)nc2-n2nc(C(F)(F)F)cc2C)CN=C1OC. The Morgan fingerprint density at radius 3 is 2.62 bits per heavy atom. The lowest BCUT2D eigenvalue weighted by Gasteiger charge is -2.21. The molecule has 3 aromatic rings. The Kier molecular flexibility index (Phi) is 7.07. The fourth-order valence-electron chi connectivity index (χ4n) is 3.73. The van der Waals surface area contributed by atoms with Crippen molar-refractivity contribution in [3.63, 3.8) is 0 Å². The second kappa shape index (κ2) is 10.1. The quantitative estimate of drug-likeness (QED) is 0.367. The standard InChI is InChI=1S/C23H21ClF3N7O3/c1-11-4-18(23(25,26)27)33-34(11)19-17(12-5-16(21(35)37-3)20(36-2)29-9-12)10-30-22(32-19)31-15-7-13(24)6-14(28)8-15/h4-8,10,12H,9,28H2,1-3H3,(H,30,31,32). The number of aliphatic imine (C=N–C) groups is 1. The van der Waals surface area contributed by atoms with Gasteiger partial charge in [0.15, 0.2) is 11.5 Å². The number of ether oxygens (including phenoxy) is 2. The van der Waals surface area contributed by atoms with Crippen LogP contribution in [0.15, 0.2) is 47.1 Å². The molecule has 0 bridgehead atoms. The van der Waals surface area contributed by atoms with Crippen LogP contribution in [0.2, 0.25) is 5.02 Å². The van der Waals surface area contributed by atoms with E-state index < -0.39 is 23.8 Å². The summed E-state index contributed by atoms with van der Waals surface area (Å²) in [7, 11) is 2.57. The Morgan fingerprint density at radius 1 is 1.24 bits per heavy atom. The van der Waals surface area contributed by atoms with Gasteiger partial charge in [0.25, 0.3) is 0 Å². The number of hydrogen-bond acceptors (Lipinski definition) is 9. The van der Waals surface area contributed by atoms with E-state index in [4.69, 9.17) is 26.8 Å². The summed E-state index contributed by atoms with van der Waals surface area (Å²) in [5.74, 6) is -1.09. The molecule has 2 aromatic heterocycles. The third-order valence-corrected chi connectivity index (χ3v) is 5.60. The highest BCUT2D eigenvalue weighted by molar-refractivity contribution is 6.31. The van der Waals surface area contributed by atoms with Crippen LogP contribution in [-0.2, 0) is 20.4 Å². The van der Waals surface area contributed by atoms with Crippen LogP contribution in [0, 0.1) is 6.92 Å². The zero-order valence-corrected chi connectivity index (χ0v) is 20.6. The van der Waals surface area contributed by atoms with Crippen molar-refractivity contribution in [2.24, 2.45) is 4.99 Å². The molecule has 1 aromatic carbocycles. The number of anilines is 3. The Bertz CT molecular complexity index is 1400. The molecule has 0 saturated heterocycles. The number of aryl methyl sites for hydroxylation is 1. The van der Waals surface area contributed by atoms with Crippen molar-refractivity contribution in [3.8, 4) is 5.82 Å². The summed E-state index contributed by atoms with van der Waals surface area (Å²) in [6.45, 7) is 1.58. The number of nitrogens with zero attached hydrogens (tertiary/aromatic N) is 5. The number of nitrogens with one attached hydrogen (secondary N) is 1. The van der Waals surface area contributed by atoms with Gasteiger partial charge in [0, 0.05) is 39.8 Å². The Hall–Kier alpha value is -4.13. The number of aromatic nitrogens is 4. The Morgan fingerprint density at radius 2 is 2.00 bits per heavy atom. The summed E-state index contributed by atoms with van der Waals surface area (Å²) in [4.78, 5) is 25.3. The number of nitrogens with two attached hydrogens (primary N) is 1. The first-order valence-electron chi connectivity index (χ1n) is 10.7. The number of dihydropyridines is 1. The summed E-state index contributed by atoms with van der Waals surface area (Å²) in [6.07, 6.45) is -1.69. The highest BCUT2D eigenvalue weighted by Crippen LogP contribution is 2.33. The van der Waals surface area contributed by atoms with Gasteiger partial charge in [-0.05, 0) is 31.2 Å². The smallest absolute Gasteiger partial charge is 0.435 e. The maximum absolute atomic E-state index is 13.4. The van der Waals surface area contributed by atoms with Gasteiger partial charge in [-0.3, -0.25) is 4.99 Å². The Balaban J connectivity index is 1.84. The van der Waals surface area contributed by atoms with Gasteiger partial charge < -0.3 is 20.5 Å². The summed E-state index contributed by atoms with van der Waals surface area (Å²) in [6, 6.07) is 5.64. The van der Waals surface area contributed by atoms with Gasteiger partial charge in [-0.15, -0.1) is 0 Å². The second-order valence-corrected chi connectivity index (χ2v) is 8.42. The predicted molar refractivity (Wildman–Crippen MR) is 130 cm³/mol. The normalized spacial score (nSPS) is 15.6. The number of esters is 1. The van der Waals surface area contributed by atoms with Gasteiger partial charge in [0.2, 0.25) is 11.8 Å². The second-order valence-electron chi connectivity index (χ2n) is 7.98. The van der Waals surface area contributed by atoms with Crippen LogP contribution in [0.25, 0.3) is 5.82 Å². The first kappa shape index (κ1) is 25.9. The van der Waals surface area contributed by atoms with E-state index in [-0.39, 0.29) is 35.5 Å². The van der Waals surface area contributed by atoms with E-state index in [2.05, 4.69) is 25.4 Å². The molecule has 1 aliphatic heterocycles. The first-order valence-corrected chi connectivity index (χ1v) is 11.1. The largest absolute Gasteiger partial charge is 0.481 e. The van der Waals surface area contributed by atoms with E-state index in [9.17, 15) is 18.0 Å². The van der Waals surface area contributed by atoms with Gasteiger partial charge in [-0.2, -0.15) is 23.3 Å². The number of rotatable bonds is 5. The van der Waals surface area contributed by atoms with Gasteiger partial charge in [0.1, 0.15) is 5.57 Å². The number of methoxy groups -OCH3 is 2. The van der Waals surface area contributed by atoms with Gasteiger partial charge in [0.05, 0.1) is 20.8 Å². The third-order valence-electron chi connectivity index (χ3n) is 5.38. The molecule has 14 heteroatoms. The van der Waals surface area contributed by atoms with Crippen LogP contribution in [-0.4, -0.2) is 52.4 Å². The van der Waals surface area contributed by atoms with Gasteiger partial charge >= 0.3 is 12.1 Å². The van der Waals surface area contributed by atoms with Crippen molar-refractivity contribution < 1.29 is 27.4 Å². The van der Waals surface area contributed by atoms with Crippen molar-refractivity contribution in [2.75, 3.05) is 31.8 Å². The summed E-state index contributed by atoms with van der Waals surface area (Å²) < 4.78 is 51.3. The van der Waals surface area contributed by atoms with Crippen molar-refractivity contribution in [1.29, 1.82) is 0 Å². The molecule has 3 heterocycles. The molecule has 10 nitrogen and oxygen atoms in total. The lowest BCUT2D eigenvalue weighted by molar-refractivity contribution is -0.141. The fourth-order valence-corrected chi connectivity index (χ4v) is 3.98. The third kappa shape index (κ3) is 5.50. The molecule has 0 radical (unpaired) electrons. The molecule has 0 saturated carbocycles. The van der Waals surface area contributed by atoms with Crippen molar-refractivity contribution in [1.82, 2.24) is 19.7 Å². The van der Waals surface area contributed by atoms with Crippen LogP contribution in [0.1, 0.15) is 22.9 Å². The maximum atomic E-state index is 13.4. The van der Waals surface area contributed by atoms with Crippen LogP contribution < -0.4 is 11.1 Å². The molecule has 194 valence electrons. The average Bonchev–Trinajstić information content (AvgIpc) is 3.24. The zero-order chi connectivity index (χ0) is 26.9. The van der Waals surface area contributed by atoms with Gasteiger partial charge in [-0.25, -0.2) is 14.5 Å². The number of alkyl halides is 3. The number of carbonyl (C=O) groups is 1. The van der Waals surface area contributed by atoms with Crippen LogP contribution in [0.4, 0.5) is 30.5 Å². The summed E-state index contributed by atoms with van der Waals surface area (Å²) in [5, 5.41) is 7.06. The number of benzene rings is 1. The molecule has 4 rings (SSSR count). The molecular weight excluding hydrogens is 515 g/mol. The predicted octanol–water partition coefficient (Wildman–Crippen LogP) is 4.21. The van der Waals surface area contributed by atoms with E-state index in [1.54, 1.807) is 24.3 Å². The summed E-state index contributed by atoms with van der Waals surface area (Å²) in [5.41, 5.74) is 6.23. The van der Waals surface area contributed by atoms with E-state index in [1.807, 2.05) is 0 Å². The molecule has 0 aliphatic carbocycles. The topological polar surface area (TPSA) is 130 Å². The van der Waals surface area contributed by atoms with Crippen molar-refractivity contribution in [2.45, 2.75) is 19.0 Å². The lowest BCUT2D eigenvalue weighted by Crippen LogP contribution is -2.23. The first-order chi connectivity index (χ1) is 17.5. The minimum absolute atomic E-state index is 0.0536. The van der Waals surface area contributed by atoms with Gasteiger partial charge in [-0.1, -0.05) is 17.7 Å². The van der Waals surface area contributed by atoms with E-state index in [0.29, 0.717) is 22.0 Å². The number of nitrogen functional groups attached to an aromatic ring is 1. The fraction of sp³-hybridized carbons (Fsp3) is 0.261. The molecular formula is C23H21ClF3N7O3. The number of halogens is 4. The number of hydrogen-bond donors (Lipinski definition) is 2. The van der Waals surface area contributed by atoms with Crippen molar-refractivity contribution >= 4 is 40.8 Å². The minimum Gasteiger partial charge on any atom is -0.481 e. The zero-order valence-electron chi connectivity index (χ0n) is 19.8. The molecule has 0 fully saturated rings. The number of carbonyl (C=O) groups excluding carboxylic acids is 1. The van der Waals surface area contributed by atoms with E-state index >= 15 is 0 Å². The summed E-state index contributed by atoms with van der Waals surface area (Å²) >= 11 is 6.06. The van der Waals surface area contributed by atoms with Crippen LogP contribution in [0.5, 0.6) is 0 Å². The molecule has 0 spiro atoms. The maximum Gasteiger partial charge on any atom is 0.435 e. The highest BCUT2D eigenvalue weighted by Gasteiger charge is 2.35. The van der Waals surface area contributed by atoms with Crippen molar-refractivity contribution in [3.05, 3.63) is 64.1 Å². The van der Waals surface area contributed by atoms with Crippen LogP contribution in [0.3, 0.4) is 0 Å². The molecule has 1 aliphatic rings. The minimum atomic E-state index is -4.66. The van der Waals surface area contributed by atoms with E-state index in [1.165, 1.54) is 27.3 Å². The molecule has 1 atom stereocenters. The molecule has 37 heavy (non-hydrogen) atoms. The van der Waals surface area contributed by atoms with E-state index in [0.717, 1.165) is 10.7 Å². The molecule has 1 unspecified atom stereocenters. The van der Waals surface area contributed by atoms with Crippen LogP contribution >= 0.6 is 11.6 Å². The highest BCUT2D eigenvalue weighted by atomic mass is 35.5. The molecule has 3 N–H and O–H groups in total. The lowest BCUT2D eigenvalue weighted by atomic mass is 9.95.